The van der Waals surface area contributed by atoms with Crippen LogP contribution in [0.3, 0.4) is 0 Å². The molecule has 0 radical (unpaired) electrons. The summed E-state index contributed by atoms with van der Waals surface area (Å²) in [5.41, 5.74) is 4.52. The highest BCUT2D eigenvalue weighted by Crippen LogP contribution is 2.32. The van der Waals surface area contributed by atoms with Crippen molar-refractivity contribution in [3.05, 3.63) is 6.20 Å². The Morgan fingerprint density at radius 1 is 1.68 bits per heavy atom. The number of hydrogen-bond acceptors (Lipinski definition) is 5. The van der Waals surface area contributed by atoms with Crippen LogP contribution in [-0.4, -0.2) is 35.9 Å². The largest absolute Gasteiger partial charge is 0.389 e. The van der Waals surface area contributed by atoms with E-state index in [0.717, 1.165) is 19.0 Å². The fourth-order valence-corrected chi connectivity index (χ4v) is 3.74. The molecule has 1 aromatic rings. The summed E-state index contributed by atoms with van der Waals surface area (Å²) in [6.45, 7) is 2.07. The van der Waals surface area contributed by atoms with Gasteiger partial charge in [0.25, 0.3) is 0 Å². The average Bonchev–Trinajstić information content (AvgIpc) is 2.74. The maximum Gasteiger partial charge on any atom is 0.245 e. The molecule has 5 N–H and O–H groups in total. The van der Waals surface area contributed by atoms with E-state index in [9.17, 15) is 13.5 Å². The van der Waals surface area contributed by atoms with Crippen molar-refractivity contribution in [3.8, 4) is 0 Å². The molecule has 1 aliphatic rings. The Bertz CT molecular complexity index is 542. The minimum atomic E-state index is -3.73. The molecule has 2 atom stereocenters. The SMILES string of the molecule is CC1CCCC(O)(CNS(=O)(=O)c2cn[nH]c2N)C1. The van der Waals surface area contributed by atoms with Crippen LogP contribution >= 0.6 is 0 Å². The molecule has 1 saturated carbocycles. The highest BCUT2D eigenvalue weighted by molar-refractivity contribution is 7.89. The van der Waals surface area contributed by atoms with Gasteiger partial charge in [-0.05, 0) is 18.8 Å². The molecular weight excluding hydrogens is 268 g/mol. The zero-order valence-corrected chi connectivity index (χ0v) is 11.7. The van der Waals surface area contributed by atoms with Gasteiger partial charge in [0, 0.05) is 6.54 Å². The average molecular weight is 288 g/mol. The van der Waals surface area contributed by atoms with Gasteiger partial charge in [-0.3, -0.25) is 5.10 Å². The maximum absolute atomic E-state index is 12.0. The third-order valence-corrected chi connectivity index (χ3v) is 5.01. The lowest BCUT2D eigenvalue weighted by Crippen LogP contribution is -2.45. The van der Waals surface area contributed by atoms with E-state index < -0.39 is 15.6 Å². The molecule has 8 heteroatoms. The van der Waals surface area contributed by atoms with Crippen molar-refractivity contribution in [1.29, 1.82) is 0 Å². The summed E-state index contributed by atoms with van der Waals surface area (Å²) >= 11 is 0. The van der Waals surface area contributed by atoms with E-state index in [1.807, 2.05) is 0 Å². The van der Waals surface area contributed by atoms with Gasteiger partial charge in [-0.15, -0.1) is 0 Å². The second-order valence-corrected chi connectivity index (χ2v) is 7.13. The van der Waals surface area contributed by atoms with Crippen molar-refractivity contribution in [3.63, 3.8) is 0 Å². The molecule has 2 unspecified atom stereocenters. The van der Waals surface area contributed by atoms with E-state index in [0.29, 0.717) is 18.8 Å². The van der Waals surface area contributed by atoms with Crippen molar-refractivity contribution >= 4 is 15.8 Å². The molecule has 2 rings (SSSR count). The number of aromatic nitrogens is 2. The van der Waals surface area contributed by atoms with Gasteiger partial charge in [0.1, 0.15) is 10.7 Å². The highest BCUT2D eigenvalue weighted by atomic mass is 32.2. The number of hydrogen-bond donors (Lipinski definition) is 4. The van der Waals surface area contributed by atoms with Gasteiger partial charge < -0.3 is 10.8 Å². The third-order valence-electron chi connectivity index (χ3n) is 3.58. The number of nitrogens with two attached hydrogens (primary N) is 1. The molecule has 0 saturated heterocycles. The summed E-state index contributed by atoms with van der Waals surface area (Å²) in [7, 11) is -3.73. The normalized spacial score (nSPS) is 28.4. The Balaban J connectivity index is 2.04. The summed E-state index contributed by atoms with van der Waals surface area (Å²) in [4.78, 5) is -0.0834. The van der Waals surface area contributed by atoms with Crippen LogP contribution in [0.4, 0.5) is 5.82 Å². The second-order valence-electron chi connectivity index (χ2n) is 5.40. The van der Waals surface area contributed by atoms with E-state index in [1.165, 1.54) is 0 Å². The zero-order valence-electron chi connectivity index (χ0n) is 10.9. The Labute approximate surface area is 112 Å². The van der Waals surface area contributed by atoms with Crippen LogP contribution in [0, 0.1) is 5.92 Å². The highest BCUT2D eigenvalue weighted by Gasteiger charge is 2.34. The number of H-pyrrole nitrogens is 1. The topological polar surface area (TPSA) is 121 Å². The zero-order chi connectivity index (χ0) is 14.1. The molecule has 19 heavy (non-hydrogen) atoms. The molecule has 0 aliphatic heterocycles. The molecule has 108 valence electrons. The smallest absolute Gasteiger partial charge is 0.245 e. The van der Waals surface area contributed by atoms with Gasteiger partial charge in [-0.25, -0.2) is 13.1 Å². The molecule has 1 aliphatic carbocycles. The van der Waals surface area contributed by atoms with Crippen LogP contribution < -0.4 is 10.5 Å². The van der Waals surface area contributed by atoms with Gasteiger partial charge in [0.05, 0.1) is 11.8 Å². The number of nitrogens with one attached hydrogen (secondary N) is 2. The number of rotatable bonds is 4. The van der Waals surface area contributed by atoms with Gasteiger partial charge in [0.2, 0.25) is 10.0 Å². The number of anilines is 1. The Kier molecular flexibility index (Phi) is 3.84. The first-order chi connectivity index (χ1) is 8.82. The van der Waals surface area contributed by atoms with Crippen LogP contribution in [0.5, 0.6) is 0 Å². The summed E-state index contributed by atoms with van der Waals surface area (Å²) in [5.74, 6) is 0.402. The van der Waals surface area contributed by atoms with E-state index in [1.54, 1.807) is 0 Å². The minimum absolute atomic E-state index is 0.00324. The van der Waals surface area contributed by atoms with E-state index in [4.69, 9.17) is 5.73 Å². The Hall–Kier alpha value is -1.12. The number of aromatic amines is 1. The third kappa shape index (κ3) is 3.26. The fourth-order valence-electron chi connectivity index (χ4n) is 2.60. The first kappa shape index (κ1) is 14.3. The molecule has 1 fully saturated rings. The summed E-state index contributed by atoms with van der Waals surface area (Å²) < 4.78 is 26.5. The molecule has 0 aromatic carbocycles. The van der Waals surface area contributed by atoms with Crippen LogP contribution in [0.25, 0.3) is 0 Å². The van der Waals surface area contributed by atoms with E-state index in [2.05, 4.69) is 21.8 Å². The van der Waals surface area contributed by atoms with Crippen molar-refractivity contribution in [1.82, 2.24) is 14.9 Å². The lowest BCUT2D eigenvalue weighted by Gasteiger charge is -2.35. The monoisotopic (exact) mass is 288 g/mol. The maximum atomic E-state index is 12.0. The van der Waals surface area contributed by atoms with Gasteiger partial charge in [-0.2, -0.15) is 5.10 Å². The first-order valence-corrected chi connectivity index (χ1v) is 7.82. The molecule has 1 heterocycles. The van der Waals surface area contributed by atoms with Gasteiger partial charge >= 0.3 is 0 Å². The molecule has 0 spiro atoms. The summed E-state index contributed by atoms with van der Waals surface area (Å²) in [5, 5.41) is 16.3. The Morgan fingerprint density at radius 2 is 2.42 bits per heavy atom. The number of nitrogen functional groups attached to an aromatic ring is 1. The summed E-state index contributed by atoms with van der Waals surface area (Å²) in [6.07, 6.45) is 4.36. The van der Waals surface area contributed by atoms with Gasteiger partial charge in [-0.1, -0.05) is 19.8 Å². The van der Waals surface area contributed by atoms with Crippen molar-refractivity contribution < 1.29 is 13.5 Å². The van der Waals surface area contributed by atoms with Gasteiger partial charge in [0.15, 0.2) is 0 Å². The number of nitrogens with zero attached hydrogens (tertiary/aromatic N) is 1. The first-order valence-electron chi connectivity index (χ1n) is 6.33. The minimum Gasteiger partial charge on any atom is -0.389 e. The molecule has 0 amide bonds. The predicted molar refractivity (Wildman–Crippen MR) is 70.8 cm³/mol. The lowest BCUT2D eigenvalue weighted by molar-refractivity contribution is -0.00751. The van der Waals surface area contributed by atoms with Crippen molar-refractivity contribution in [2.45, 2.75) is 43.1 Å². The molecular formula is C11H20N4O3S. The fraction of sp³-hybridized carbons (Fsp3) is 0.727. The molecule has 1 aromatic heterocycles. The summed E-state index contributed by atoms with van der Waals surface area (Å²) in [6, 6.07) is 0. The molecule has 7 nitrogen and oxygen atoms in total. The predicted octanol–water partition coefficient (Wildman–Crippen LogP) is 0.211. The van der Waals surface area contributed by atoms with Crippen molar-refractivity contribution in [2.24, 2.45) is 5.92 Å². The van der Waals surface area contributed by atoms with Crippen LogP contribution in [-0.2, 0) is 10.0 Å². The van der Waals surface area contributed by atoms with Crippen molar-refractivity contribution in [2.75, 3.05) is 12.3 Å². The Morgan fingerprint density at radius 3 is 3.00 bits per heavy atom. The van der Waals surface area contributed by atoms with E-state index in [-0.39, 0.29) is 17.3 Å². The number of sulfonamides is 1. The second kappa shape index (κ2) is 5.10. The lowest BCUT2D eigenvalue weighted by atomic mass is 9.79. The molecule has 0 bridgehead atoms. The standard InChI is InChI=1S/C11H20N4O3S/c1-8-3-2-4-11(16,5-8)7-14-19(17,18)9-6-13-15-10(9)12/h6,8,14,16H,2-5,7H2,1H3,(H3,12,13,15). The number of aliphatic hydroxyl groups is 1. The van der Waals surface area contributed by atoms with Crippen LogP contribution in [0.2, 0.25) is 0 Å². The van der Waals surface area contributed by atoms with E-state index >= 15 is 0 Å². The van der Waals surface area contributed by atoms with Crippen LogP contribution in [0.15, 0.2) is 11.1 Å². The van der Waals surface area contributed by atoms with Crippen LogP contribution in [0.1, 0.15) is 32.6 Å². The quantitative estimate of drug-likeness (QED) is 0.631.